The van der Waals surface area contributed by atoms with Gasteiger partial charge in [0.05, 0.1) is 0 Å². The number of amides is 1. The van der Waals surface area contributed by atoms with Crippen LogP contribution in [-0.2, 0) is 4.79 Å². The number of hydrogen-bond donors (Lipinski definition) is 3. The van der Waals surface area contributed by atoms with E-state index in [9.17, 15) is 9.90 Å². The first-order valence-corrected chi connectivity index (χ1v) is 5.97. The van der Waals surface area contributed by atoms with Crippen LogP contribution in [0.25, 0.3) is 0 Å². The number of carbonyl (C=O) groups is 1. The number of aliphatic hydroxyl groups excluding tert-OH is 1. The van der Waals surface area contributed by atoms with Crippen molar-refractivity contribution in [3.05, 3.63) is 35.9 Å². The van der Waals surface area contributed by atoms with E-state index in [2.05, 4.69) is 17.6 Å². The van der Waals surface area contributed by atoms with E-state index in [-0.39, 0.29) is 18.3 Å². The second-order valence-corrected chi connectivity index (χ2v) is 3.85. The molecule has 0 aromatic heterocycles. The monoisotopic (exact) mass is 272 g/mol. The normalized spacial score (nSPS) is 11.4. The number of aliphatic hydroxyl groups is 1. The summed E-state index contributed by atoms with van der Waals surface area (Å²) >= 11 is 0. The van der Waals surface area contributed by atoms with Crippen LogP contribution in [0.2, 0.25) is 0 Å². The molecule has 0 aliphatic heterocycles. The Morgan fingerprint density at radius 1 is 1.22 bits per heavy atom. The minimum atomic E-state index is -1.08. The third-order valence-electron chi connectivity index (χ3n) is 2.39. The molecule has 1 aromatic carbocycles. The Labute approximate surface area is 114 Å². The van der Waals surface area contributed by atoms with Crippen LogP contribution in [0.4, 0.5) is 0 Å². The van der Waals surface area contributed by atoms with Crippen LogP contribution in [0.1, 0.15) is 25.0 Å². The van der Waals surface area contributed by atoms with Crippen molar-refractivity contribution in [3.8, 4) is 0 Å². The van der Waals surface area contributed by atoms with Gasteiger partial charge in [-0.25, -0.2) is 0 Å². The molecule has 5 heteroatoms. The Morgan fingerprint density at radius 3 is 2.50 bits per heavy atom. The highest BCUT2D eigenvalue weighted by atomic mass is 35.5. The van der Waals surface area contributed by atoms with Crippen LogP contribution in [0.5, 0.6) is 0 Å². The van der Waals surface area contributed by atoms with E-state index in [0.717, 1.165) is 19.5 Å². The summed E-state index contributed by atoms with van der Waals surface area (Å²) in [6, 6.07) is 8.92. The summed E-state index contributed by atoms with van der Waals surface area (Å²) in [6.07, 6.45) is -0.0111. The van der Waals surface area contributed by atoms with Gasteiger partial charge in [-0.15, -0.1) is 12.4 Å². The second-order valence-electron chi connectivity index (χ2n) is 3.85. The minimum absolute atomic E-state index is 0. The van der Waals surface area contributed by atoms with E-state index >= 15 is 0 Å². The summed E-state index contributed by atoms with van der Waals surface area (Å²) in [5.41, 5.74) is 0.617. The lowest BCUT2D eigenvalue weighted by molar-refractivity contribution is -0.129. The lowest BCUT2D eigenvalue weighted by Crippen LogP contribution is -2.35. The van der Waals surface area contributed by atoms with Gasteiger partial charge in [0.25, 0.3) is 5.91 Å². The van der Waals surface area contributed by atoms with E-state index in [1.165, 1.54) is 0 Å². The molecule has 0 heterocycles. The zero-order valence-electron chi connectivity index (χ0n) is 10.6. The smallest absolute Gasteiger partial charge is 0.253 e. The molecule has 1 aromatic rings. The quantitative estimate of drug-likeness (QED) is 0.655. The molecule has 1 rings (SSSR count). The Hall–Kier alpha value is -1.10. The van der Waals surface area contributed by atoms with Crippen LogP contribution < -0.4 is 10.6 Å². The lowest BCUT2D eigenvalue weighted by atomic mass is 10.1. The van der Waals surface area contributed by atoms with Crippen molar-refractivity contribution in [2.75, 3.05) is 19.6 Å². The topological polar surface area (TPSA) is 61.4 Å². The summed E-state index contributed by atoms with van der Waals surface area (Å²) in [5, 5.41) is 15.6. The summed E-state index contributed by atoms with van der Waals surface area (Å²) in [7, 11) is 0. The van der Waals surface area contributed by atoms with Gasteiger partial charge in [0, 0.05) is 13.1 Å². The fourth-order valence-corrected chi connectivity index (χ4v) is 1.46. The predicted molar refractivity (Wildman–Crippen MR) is 74.8 cm³/mol. The van der Waals surface area contributed by atoms with E-state index in [1.54, 1.807) is 24.3 Å². The molecule has 0 fully saturated rings. The average Bonchev–Trinajstić information content (AvgIpc) is 2.38. The van der Waals surface area contributed by atoms with Crippen molar-refractivity contribution < 1.29 is 9.90 Å². The van der Waals surface area contributed by atoms with E-state index < -0.39 is 6.10 Å². The molecule has 0 saturated heterocycles. The highest BCUT2D eigenvalue weighted by Crippen LogP contribution is 2.11. The summed E-state index contributed by atoms with van der Waals surface area (Å²) in [4.78, 5) is 11.6. The maximum absolute atomic E-state index is 11.6. The largest absolute Gasteiger partial charge is 0.378 e. The predicted octanol–water partition coefficient (Wildman–Crippen LogP) is 1.26. The van der Waals surface area contributed by atoms with Crippen molar-refractivity contribution in [3.63, 3.8) is 0 Å². The van der Waals surface area contributed by atoms with E-state index in [0.29, 0.717) is 12.1 Å². The zero-order valence-corrected chi connectivity index (χ0v) is 11.4. The number of halogens is 1. The second kappa shape index (κ2) is 9.88. The lowest BCUT2D eigenvalue weighted by Gasteiger charge is -2.11. The Kier molecular flexibility index (Phi) is 9.28. The van der Waals surface area contributed by atoms with Crippen LogP contribution >= 0.6 is 12.4 Å². The van der Waals surface area contributed by atoms with Crippen molar-refractivity contribution in [1.82, 2.24) is 10.6 Å². The maximum atomic E-state index is 11.6. The first kappa shape index (κ1) is 16.9. The molecule has 1 unspecified atom stereocenters. The molecule has 0 aliphatic rings. The number of hydrogen-bond acceptors (Lipinski definition) is 3. The molecule has 102 valence electrons. The van der Waals surface area contributed by atoms with E-state index in [1.807, 2.05) is 6.07 Å². The Morgan fingerprint density at radius 2 is 1.89 bits per heavy atom. The Bertz CT molecular complexity index is 333. The first-order valence-electron chi connectivity index (χ1n) is 5.97. The van der Waals surface area contributed by atoms with Gasteiger partial charge in [0.1, 0.15) is 0 Å². The summed E-state index contributed by atoms with van der Waals surface area (Å²) < 4.78 is 0. The molecule has 0 saturated carbocycles. The molecular formula is C13H21ClN2O2. The molecule has 4 nitrogen and oxygen atoms in total. The number of nitrogens with one attached hydrogen (secondary N) is 2. The van der Waals surface area contributed by atoms with Gasteiger partial charge in [-0.3, -0.25) is 4.79 Å². The number of carbonyl (C=O) groups excluding carboxylic acids is 1. The summed E-state index contributed by atoms with van der Waals surface area (Å²) in [5.74, 6) is -0.352. The van der Waals surface area contributed by atoms with Crippen LogP contribution in [0.15, 0.2) is 30.3 Å². The maximum Gasteiger partial charge on any atom is 0.253 e. The van der Waals surface area contributed by atoms with Gasteiger partial charge in [0.2, 0.25) is 0 Å². The van der Waals surface area contributed by atoms with Crippen molar-refractivity contribution in [1.29, 1.82) is 0 Å². The Balaban J connectivity index is 0.00000289. The first-order chi connectivity index (χ1) is 8.25. The summed E-state index contributed by atoms with van der Waals surface area (Å²) in [6.45, 7) is 4.28. The molecular weight excluding hydrogens is 252 g/mol. The fourth-order valence-electron chi connectivity index (χ4n) is 1.46. The van der Waals surface area contributed by atoms with Crippen molar-refractivity contribution in [2.24, 2.45) is 0 Å². The third kappa shape index (κ3) is 6.00. The number of benzene rings is 1. The molecule has 3 N–H and O–H groups in total. The number of rotatable bonds is 7. The average molecular weight is 273 g/mol. The van der Waals surface area contributed by atoms with Crippen LogP contribution in [-0.4, -0.2) is 30.6 Å². The molecule has 1 atom stereocenters. The minimum Gasteiger partial charge on any atom is -0.378 e. The molecule has 0 aliphatic carbocycles. The van der Waals surface area contributed by atoms with Crippen LogP contribution in [0.3, 0.4) is 0 Å². The van der Waals surface area contributed by atoms with Gasteiger partial charge in [-0.2, -0.15) is 0 Å². The highest BCUT2D eigenvalue weighted by molar-refractivity contribution is 5.85. The molecule has 0 spiro atoms. The standard InChI is InChI=1S/C13H20N2O2.ClH/c1-2-8-14-9-10-15-13(17)12(16)11-6-4-3-5-7-11;/h3-7,12,14,16H,2,8-10H2,1H3,(H,15,17);1H. The SMILES string of the molecule is CCCNCCNC(=O)C(O)c1ccccc1.Cl. The van der Waals surface area contributed by atoms with Crippen molar-refractivity contribution in [2.45, 2.75) is 19.4 Å². The third-order valence-corrected chi connectivity index (χ3v) is 2.39. The molecule has 0 bridgehead atoms. The van der Waals surface area contributed by atoms with E-state index in [4.69, 9.17) is 0 Å². The van der Waals surface area contributed by atoms with Gasteiger partial charge in [0.15, 0.2) is 6.10 Å². The highest BCUT2D eigenvalue weighted by Gasteiger charge is 2.15. The van der Waals surface area contributed by atoms with Gasteiger partial charge in [-0.05, 0) is 18.5 Å². The molecule has 18 heavy (non-hydrogen) atoms. The fraction of sp³-hybridized carbons (Fsp3) is 0.462. The van der Waals surface area contributed by atoms with Crippen molar-refractivity contribution >= 4 is 18.3 Å². The van der Waals surface area contributed by atoms with Gasteiger partial charge < -0.3 is 15.7 Å². The van der Waals surface area contributed by atoms with Gasteiger partial charge >= 0.3 is 0 Å². The van der Waals surface area contributed by atoms with Gasteiger partial charge in [-0.1, -0.05) is 37.3 Å². The zero-order chi connectivity index (χ0) is 12.5. The molecule has 1 amide bonds. The van der Waals surface area contributed by atoms with Crippen LogP contribution in [0, 0.1) is 0 Å². The molecule has 0 radical (unpaired) electrons.